The van der Waals surface area contributed by atoms with Gasteiger partial charge in [0, 0.05) is 11.6 Å². The molecule has 0 spiro atoms. The Hall–Kier alpha value is -1.32. The number of fused-ring (bicyclic) bond motifs is 1. The number of halogens is 1. The molecule has 1 atom stereocenters. The van der Waals surface area contributed by atoms with E-state index in [0.29, 0.717) is 5.02 Å². The van der Waals surface area contributed by atoms with Crippen molar-refractivity contribution in [1.29, 1.82) is 0 Å². The van der Waals surface area contributed by atoms with Gasteiger partial charge in [0.15, 0.2) is 0 Å². The highest BCUT2D eigenvalue weighted by molar-refractivity contribution is 6.31. The van der Waals surface area contributed by atoms with Crippen molar-refractivity contribution in [2.75, 3.05) is 0 Å². The van der Waals surface area contributed by atoms with Crippen LogP contribution in [0.1, 0.15) is 32.1 Å². The molecule has 1 aromatic heterocycles. The number of rotatable bonds is 4. The summed E-state index contributed by atoms with van der Waals surface area (Å²) in [5.74, 6) is 0.901. The van der Waals surface area contributed by atoms with E-state index in [9.17, 15) is 0 Å². The van der Waals surface area contributed by atoms with Crippen molar-refractivity contribution in [2.45, 2.75) is 32.9 Å². The van der Waals surface area contributed by atoms with Crippen molar-refractivity contribution in [3.8, 4) is 0 Å². The topological polar surface area (TPSA) is 43.8 Å². The minimum absolute atomic E-state index is 0.0597. The molecule has 18 heavy (non-hydrogen) atoms. The van der Waals surface area contributed by atoms with Crippen LogP contribution in [0, 0.1) is 0 Å². The number of nitrogens with zero attached hydrogens (tertiary/aromatic N) is 2. The van der Waals surface area contributed by atoms with Crippen LogP contribution in [0.5, 0.6) is 0 Å². The van der Waals surface area contributed by atoms with Gasteiger partial charge in [-0.25, -0.2) is 4.98 Å². The Labute approximate surface area is 112 Å². The number of imidazole rings is 1. The molecule has 3 nitrogen and oxygen atoms in total. The minimum atomic E-state index is -0.0597. The zero-order chi connectivity index (χ0) is 13.3. The molecule has 0 saturated carbocycles. The summed E-state index contributed by atoms with van der Waals surface area (Å²) in [6.07, 6.45) is 0.854. The molecule has 0 radical (unpaired) electrons. The van der Waals surface area contributed by atoms with E-state index < -0.39 is 0 Å². The Morgan fingerprint density at radius 2 is 2.28 bits per heavy atom. The lowest BCUT2D eigenvalue weighted by Crippen LogP contribution is -2.16. The summed E-state index contributed by atoms with van der Waals surface area (Å²) in [6, 6.07) is 5.68. The van der Waals surface area contributed by atoms with Crippen molar-refractivity contribution in [3.63, 3.8) is 0 Å². The highest BCUT2D eigenvalue weighted by Crippen LogP contribution is 2.24. The fourth-order valence-electron chi connectivity index (χ4n) is 2.02. The van der Waals surface area contributed by atoms with Crippen LogP contribution in [0.3, 0.4) is 0 Å². The van der Waals surface area contributed by atoms with Gasteiger partial charge in [0.05, 0.1) is 17.1 Å². The van der Waals surface area contributed by atoms with Crippen molar-refractivity contribution in [1.82, 2.24) is 9.55 Å². The summed E-state index contributed by atoms with van der Waals surface area (Å²) in [4.78, 5) is 4.61. The van der Waals surface area contributed by atoms with E-state index in [1.165, 1.54) is 0 Å². The highest BCUT2D eigenvalue weighted by atomic mass is 35.5. The first-order valence-electron chi connectivity index (χ1n) is 6.08. The van der Waals surface area contributed by atoms with Crippen LogP contribution < -0.4 is 5.73 Å². The first kappa shape index (κ1) is 13.1. The van der Waals surface area contributed by atoms with Gasteiger partial charge in [0.2, 0.25) is 0 Å². The van der Waals surface area contributed by atoms with Gasteiger partial charge in [-0.3, -0.25) is 0 Å². The van der Waals surface area contributed by atoms with E-state index >= 15 is 0 Å². The second-order valence-electron chi connectivity index (χ2n) is 4.66. The molecule has 2 N–H and O–H groups in total. The van der Waals surface area contributed by atoms with Crippen LogP contribution in [0.15, 0.2) is 30.4 Å². The third kappa shape index (κ3) is 2.42. The second-order valence-corrected chi connectivity index (χ2v) is 5.10. The molecule has 2 rings (SSSR count). The Balaban J connectivity index is 2.63. The van der Waals surface area contributed by atoms with Crippen molar-refractivity contribution in [2.24, 2.45) is 5.73 Å². The van der Waals surface area contributed by atoms with Gasteiger partial charge >= 0.3 is 0 Å². The van der Waals surface area contributed by atoms with Crippen LogP contribution >= 0.6 is 11.6 Å². The lowest BCUT2D eigenvalue weighted by Gasteiger charge is -2.13. The van der Waals surface area contributed by atoms with E-state index in [2.05, 4.69) is 23.1 Å². The van der Waals surface area contributed by atoms with E-state index in [1.54, 1.807) is 0 Å². The molecule has 0 saturated heterocycles. The normalized spacial score (nSPS) is 12.9. The Morgan fingerprint density at radius 3 is 2.89 bits per heavy atom. The van der Waals surface area contributed by atoms with E-state index in [4.69, 9.17) is 17.3 Å². The van der Waals surface area contributed by atoms with Gasteiger partial charge in [-0.15, -0.1) is 0 Å². The summed E-state index contributed by atoms with van der Waals surface area (Å²) < 4.78 is 2.13. The molecule has 1 unspecified atom stereocenters. The molecule has 0 bridgehead atoms. The fourth-order valence-corrected chi connectivity index (χ4v) is 2.19. The minimum Gasteiger partial charge on any atom is -0.323 e. The standard InChI is InChI=1S/C14H18ClN3/c1-4-11(16)14-17-12-7-10(15)5-6-13(12)18(14)8-9(2)3/h5-7,11H,2,4,8,16H2,1,3H3. The van der Waals surface area contributed by atoms with Gasteiger partial charge in [-0.1, -0.05) is 30.7 Å². The first-order valence-corrected chi connectivity index (χ1v) is 6.46. The average molecular weight is 264 g/mol. The number of hydrogen-bond donors (Lipinski definition) is 1. The van der Waals surface area contributed by atoms with Crippen LogP contribution in [-0.2, 0) is 6.54 Å². The fraction of sp³-hybridized carbons (Fsp3) is 0.357. The molecule has 0 fully saturated rings. The molecular formula is C14H18ClN3. The van der Waals surface area contributed by atoms with Crippen molar-refractivity contribution >= 4 is 22.6 Å². The monoisotopic (exact) mass is 263 g/mol. The Kier molecular flexibility index (Phi) is 3.73. The molecule has 0 aliphatic carbocycles. The number of hydrogen-bond acceptors (Lipinski definition) is 2. The Bertz CT molecular complexity index is 586. The molecule has 0 aliphatic heterocycles. The number of aromatic nitrogens is 2. The second kappa shape index (κ2) is 5.12. The summed E-state index contributed by atoms with van der Waals surface area (Å²) in [5, 5.41) is 0.694. The summed E-state index contributed by atoms with van der Waals surface area (Å²) in [7, 11) is 0. The van der Waals surface area contributed by atoms with Gasteiger partial charge in [0.1, 0.15) is 5.82 Å². The first-order chi connectivity index (χ1) is 8.52. The van der Waals surface area contributed by atoms with Gasteiger partial charge in [0.25, 0.3) is 0 Å². The zero-order valence-corrected chi connectivity index (χ0v) is 11.5. The van der Waals surface area contributed by atoms with Crippen molar-refractivity contribution < 1.29 is 0 Å². The zero-order valence-electron chi connectivity index (χ0n) is 10.8. The van der Waals surface area contributed by atoms with E-state index in [1.807, 2.05) is 25.1 Å². The molecular weight excluding hydrogens is 246 g/mol. The SMILES string of the molecule is C=C(C)Cn1c(C(N)CC)nc2cc(Cl)ccc21. The smallest absolute Gasteiger partial charge is 0.127 e. The molecule has 2 aromatic rings. The van der Waals surface area contributed by atoms with Crippen LogP contribution in [-0.4, -0.2) is 9.55 Å². The molecule has 0 amide bonds. The molecule has 96 valence electrons. The number of benzene rings is 1. The van der Waals surface area contributed by atoms with Gasteiger partial charge < -0.3 is 10.3 Å². The maximum atomic E-state index is 6.13. The molecule has 1 heterocycles. The van der Waals surface area contributed by atoms with E-state index in [0.717, 1.165) is 35.4 Å². The van der Waals surface area contributed by atoms with Gasteiger partial charge in [-0.2, -0.15) is 0 Å². The maximum Gasteiger partial charge on any atom is 0.127 e. The summed E-state index contributed by atoms with van der Waals surface area (Å²) >= 11 is 6.00. The predicted molar refractivity (Wildman–Crippen MR) is 76.8 cm³/mol. The maximum absolute atomic E-state index is 6.13. The molecule has 4 heteroatoms. The molecule has 1 aromatic carbocycles. The van der Waals surface area contributed by atoms with Crippen LogP contribution in [0.2, 0.25) is 5.02 Å². The van der Waals surface area contributed by atoms with Crippen molar-refractivity contribution in [3.05, 3.63) is 41.2 Å². The quantitative estimate of drug-likeness (QED) is 0.856. The lowest BCUT2D eigenvalue weighted by molar-refractivity contribution is 0.603. The summed E-state index contributed by atoms with van der Waals surface area (Å²) in [5.41, 5.74) is 9.15. The van der Waals surface area contributed by atoms with Crippen LogP contribution in [0.4, 0.5) is 0 Å². The van der Waals surface area contributed by atoms with Crippen LogP contribution in [0.25, 0.3) is 11.0 Å². The highest BCUT2D eigenvalue weighted by Gasteiger charge is 2.15. The van der Waals surface area contributed by atoms with E-state index in [-0.39, 0.29) is 6.04 Å². The lowest BCUT2D eigenvalue weighted by atomic mass is 10.2. The summed E-state index contributed by atoms with van der Waals surface area (Å²) in [6.45, 7) is 8.76. The third-order valence-electron chi connectivity index (χ3n) is 2.94. The number of nitrogens with two attached hydrogens (primary N) is 1. The largest absolute Gasteiger partial charge is 0.323 e. The Morgan fingerprint density at radius 1 is 1.56 bits per heavy atom. The predicted octanol–water partition coefficient (Wildman–Crippen LogP) is 3.68. The third-order valence-corrected chi connectivity index (χ3v) is 3.17. The van der Waals surface area contributed by atoms with Gasteiger partial charge in [-0.05, 0) is 31.5 Å². The molecule has 0 aliphatic rings. The number of allylic oxidation sites excluding steroid dienone is 1. The average Bonchev–Trinajstić information content (AvgIpc) is 2.65.